The van der Waals surface area contributed by atoms with Gasteiger partial charge in [-0.05, 0) is 30.9 Å². The zero-order valence-corrected chi connectivity index (χ0v) is 20.0. The number of aryl methyl sites for hydroxylation is 1. The van der Waals surface area contributed by atoms with Gasteiger partial charge in [-0.3, -0.25) is 0 Å². The van der Waals surface area contributed by atoms with E-state index in [2.05, 4.69) is 28.6 Å². The second-order valence-electron chi connectivity index (χ2n) is 6.49. The Morgan fingerprint density at radius 1 is 1.13 bits per heavy atom. The van der Waals surface area contributed by atoms with Crippen molar-refractivity contribution in [2.45, 2.75) is 39.7 Å². The molecule has 2 aromatic heterocycles. The number of fused-ring (bicyclic) bond motifs is 1. The Morgan fingerprint density at radius 3 is 2.57 bits per heavy atom. The first-order chi connectivity index (χ1) is 14.5. The van der Waals surface area contributed by atoms with Crippen LogP contribution in [0, 0.1) is 0 Å². The van der Waals surface area contributed by atoms with Gasteiger partial charge in [-0.1, -0.05) is 41.8 Å². The molecule has 30 heavy (non-hydrogen) atoms. The number of hydrogen-bond acceptors (Lipinski definition) is 9. The van der Waals surface area contributed by atoms with Gasteiger partial charge in [-0.25, -0.2) is 13.4 Å². The van der Waals surface area contributed by atoms with Gasteiger partial charge in [0.2, 0.25) is 10.0 Å². The van der Waals surface area contributed by atoms with Crippen LogP contribution in [0.4, 0.5) is 0 Å². The number of thioether (sulfide) groups is 2. The van der Waals surface area contributed by atoms with E-state index < -0.39 is 10.0 Å². The van der Waals surface area contributed by atoms with Crippen LogP contribution in [0.1, 0.15) is 19.7 Å². The van der Waals surface area contributed by atoms with Gasteiger partial charge in [0.15, 0.2) is 8.68 Å². The van der Waals surface area contributed by atoms with Crippen molar-refractivity contribution in [3.8, 4) is 0 Å². The molecule has 4 rings (SSSR count). The van der Waals surface area contributed by atoms with Gasteiger partial charge >= 0.3 is 0 Å². The van der Waals surface area contributed by atoms with E-state index in [0.717, 1.165) is 32.3 Å². The van der Waals surface area contributed by atoms with Crippen molar-refractivity contribution in [1.29, 1.82) is 0 Å². The van der Waals surface area contributed by atoms with E-state index in [0.29, 0.717) is 37.6 Å². The van der Waals surface area contributed by atoms with E-state index in [4.69, 9.17) is 9.72 Å². The second kappa shape index (κ2) is 9.53. The number of imidazole rings is 1. The van der Waals surface area contributed by atoms with Crippen molar-refractivity contribution in [3.63, 3.8) is 0 Å². The molecule has 1 aliphatic rings. The first-order valence-corrected chi connectivity index (χ1v) is 13.9. The quantitative estimate of drug-likeness (QED) is 0.449. The number of rotatable bonds is 8. The lowest BCUT2D eigenvalue weighted by Gasteiger charge is -2.26. The minimum absolute atomic E-state index is 0.280. The highest BCUT2D eigenvalue weighted by molar-refractivity contribution is 8.02. The lowest BCUT2D eigenvalue weighted by molar-refractivity contribution is 0.0730. The fraction of sp³-hybridized carbons (Fsp3) is 0.500. The molecule has 12 heteroatoms. The number of aromatic nitrogens is 4. The SMILES string of the molecule is CCSc1nnc(SCc2nc3cc(S(=O)(=O)N4CCOCC4)ccc3n2CC)s1. The summed E-state index contributed by atoms with van der Waals surface area (Å²) in [5.41, 5.74) is 1.63. The van der Waals surface area contributed by atoms with E-state index in [1.165, 1.54) is 4.31 Å². The molecule has 8 nitrogen and oxygen atoms in total. The van der Waals surface area contributed by atoms with Crippen LogP contribution in [0.5, 0.6) is 0 Å². The molecule has 0 unspecified atom stereocenters. The number of benzene rings is 1. The zero-order chi connectivity index (χ0) is 21.1. The standard InChI is InChI=1S/C18H23N5O3S4/c1-3-23-15-6-5-13(30(24,25)22-7-9-26-10-8-22)11-14(15)19-16(23)12-28-18-21-20-17(29-18)27-4-2/h5-6,11H,3-4,7-10,12H2,1-2H3. The molecule has 1 saturated heterocycles. The zero-order valence-electron chi connectivity index (χ0n) is 16.8. The van der Waals surface area contributed by atoms with E-state index in [1.54, 1.807) is 47.0 Å². The maximum absolute atomic E-state index is 13.0. The molecule has 1 aromatic carbocycles. The number of hydrogen-bond donors (Lipinski definition) is 0. The maximum atomic E-state index is 13.0. The highest BCUT2D eigenvalue weighted by Crippen LogP contribution is 2.31. The third-order valence-electron chi connectivity index (χ3n) is 4.70. The van der Waals surface area contributed by atoms with Gasteiger partial charge in [0.1, 0.15) is 5.82 Å². The fourth-order valence-electron chi connectivity index (χ4n) is 3.28. The van der Waals surface area contributed by atoms with Gasteiger partial charge in [0, 0.05) is 19.6 Å². The second-order valence-corrected chi connectivity index (χ2v) is 12.1. The van der Waals surface area contributed by atoms with Crippen LogP contribution in [0.15, 0.2) is 31.8 Å². The first-order valence-electron chi connectivity index (χ1n) is 9.69. The molecule has 3 aromatic rings. The van der Waals surface area contributed by atoms with Crippen LogP contribution < -0.4 is 0 Å². The van der Waals surface area contributed by atoms with E-state index in [1.807, 2.05) is 6.07 Å². The van der Waals surface area contributed by atoms with Crippen LogP contribution >= 0.6 is 34.9 Å². The Balaban J connectivity index is 1.58. The molecule has 3 heterocycles. The molecule has 1 aliphatic heterocycles. The number of morpholine rings is 1. The summed E-state index contributed by atoms with van der Waals surface area (Å²) >= 11 is 4.88. The van der Waals surface area contributed by atoms with Crippen LogP contribution in [0.25, 0.3) is 11.0 Å². The summed E-state index contributed by atoms with van der Waals surface area (Å²) < 4.78 is 36.7. The lowest BCUT2D eigenvalue weighted by Crippen LogP contribution is -2.40. The van der Waals surface area contributed by atoms with Crippen molar-refractivity contribution >= 4 is 55.9 Å². The van der Waals surface area contributed by atoms with E-state index >= 15 is 0 Å². The van der Waals surface area contributed by atoms with Gasteiger partial charge < -0.3 is 9.30 Å². The van der Waals surface area contributed by atoms with Gasteiger partial charge in [0.25, 0.3) is 0 Å². The average Bonchev–Trinajstić information content (AvgIpc) is 3.36. The summed E-state index contributed by atoms with van der Waals surface area (Å²) in [6.07, 6.45) is 0. The highest BCUT2D eigenvalue weighted by atomic mass is 32.2. The van der Waals surface area contributed by atoms with Crippen LogP contribution in [-0.4, -0.2) is 64.5 Å². The monoisotopic (exact) mass is 485 g/mol. The van der Waals surface area contributed by atoms with Gasteiger partial charge in [0.05, 0.1) is 34.9 Å². The van der Waals surface area contributed by atoms with E-state index in [9.17, 15) is 8.42 Å². The van der Waals surface area contributed by atoms with Crippen molar-refractivity contribution < 1.29 is 13.2 Å². The number of ether oxygens (including phenoxy) is 1. The Bertz CT molecular complexity index is 1120. The smallest absolute Gasteiger partial charge is 0.243 e. The molecule has 0 atom stereocenters. The third kappa shape index (κ3) is 4.53. The Hall–Kier alpha value is -1.18. The molecule has 0 bridgehead atoms. The van der Waals surface area contributed by atoms with E-state index in [-0.39, 0.29) is 4.90 Å². The van der Waals surface area contributed by atoms with Crippen molar-refractivity contribution in [2.24, 2.45) is 0 Å². The number of nitrogens with zero attached hydrogens (tertiary/aromatic N) is 5. The molecule has 1 fully saturated rings. The van der Waals surface area contributed by atoms with Gasteiger partial charge in [-0.15, -0.1) is 10.2 Å². The Kier molecular flexibility index (Phi) is 7.00. The molecule has 0 saturated carbocycles. The number of sulfonamides is 1. The maximum Gasteiger partial charge on any atom is 0.243 e. The van der Waals surface area contributed by atoms with Crippen LogP contribution in [-0.2, 0) is 27.1 Å². The summed E-state index contributed by atoms with van der Waals surface area (Å²) in [7, 11) is -3.54. The van der Waals surface area contributed by atoms with Crippen molar-refractivity contribution in [3.05, 3.63) is 24.0 Å². The fourth-order valence-corrected chi connectivity index (χ4v) is 7.57. The first kappa shape index (κ1) is 22.0. The minimum atomic E-state index is -3.54. The topological polar surface area (TPSA) is 90.2 Å². The average molecular weight is 486 g/mol. The highest BCUT2D eigenvalue weighted by Gasteiger charge is 2.27. The lowest BCUT2D eigenvalue weighted by atomic mass is 10.3. The summed E-state index contributed by atoms with van der Waals surface area (Å²) in [5, 5.41) is 8.43. The molecule has 162 valence electrons. The minimum Gasteiger partial charge on any atom is -0.379 e. The molecular weight excluding hydrogens is 462 g/mol. The molecule has 0 aliphatic carbocycles. The molecule has 0 N–H and O–H groups in total. The molecule has 0 radical (unpaired) electrons. The Morgan fingerprint density at radius 2 is 1.87 bits per heavy atom. The van der Waals surface area contributed by atoms with Gasteiger partial charge in [-0.2, -0.15) is 4.31 Å². The Labute approximate surface area is 188 Å². The predicted molar refractivity (Wildman–Crippen MR) is 121 cm³/mol. The molecule has 0 spiro atoms. The van der Waals surface area contributed by atoms with Crippen LogP contribution in [0.2, 0.25) is 0 Å². The summed E-state index contributed by atoms with van der Waals surface area (Å²) in [4.78, 5) is 5.03. The van der Waals surface area contributed by atoms with Crippen LogP contribution in [0.3, 0.4) is 0 Å². The van der Waals surface area contributed by atoms with Crippen molar-refractivity contribution in [1.82, 2.24) is 24.1 Å². The third-order valence-corrected chi connectivity index (χ3v) is 9.67. The summed E-state index contributed by atoms with van der Waals surface area (Å²) in [5.74, 6) is 2.53. The normalized spacial score (nSPS) is 15.8. The molecular formula is C18H23N5O3S4. The summed E-state index contributed by atoms with van der Waals surface area (Å²) in [6, 6.07) is 5.21. The molecule has 0 amide bonds. The predicted octanol–water partition coefficient (Wildman–Crippen LogP) is 3.33. The largest absolute Gasteiger partial charge is 0.379 e. The summed E-state index contributed by atoms with van der Waals surface area (Å²) in [6.45, 7) is 6.53. The van der Waals surface area contributed by atoms with Crippen molar-refractivity contribution in [2.75, 3.05) is 32.1 Å².